The van der Waals surface area contributed by atoms with Crippen molar-refractivity contribution in [2.45, 2.75) is 31.5 Å². The molecule has 0 unspecified atom stereocenters. The molecule has 0 aliphatic carbocycles. The van der Waals surface area contributed by atoms with Crippen molar-refractivity contribution >= 4 is 11.0 Å². The number of hydrogen-bond donors (Lipinski definition) is 2. The molecular weight excluding hydrogens is 453 g/mol. The molecule has 3 aromatic heterocycles. The molecule has 3 aromatic rings. The van der Waals surface area contributed by atoms with Crippen molar-refractivity contribution < 1.29 is 19.0 Å². The highest BCUT2D eigenvalue weighted by molar-refractivity contribution is 5.81. The minimum atomic E-state index is -1.47. The Morgan fingerprint density at radius 3 is 2.94 bits per heavy atom. The number of ether oxygens (including phenoxy) is 2. The molecule has 2 atom stereocenters. The van der Waals surface area contributed by atoms with Gasteiger partial charge in [-0.05, 0) is 37.9 Å². The van der Waals surface area contributed by atoms with Crippen LogP contribution in [0.1, 0.15) is 24.1 Å². The van der Waals surface area contributed by atoms with Gasteiger partial charge in [-0.1, -0.05) is 0 Å². The third-order valence-electron chi connectivity index (χ3n) is 7.15. The van der Waals surface area contributed by atoms with Gasteiger partial charge >= 0.3 is 0 Å². The van der Waals surface area contributed by atoms with Gasteiger partial charge in [-0.25, -0.2) is 4.39 Å². The van der Waals surface area contributed by atoms with Gasteiger partial charge in [0.1, 0.15) is 24.6 Å². The zero-order valence-electron chi connectivity index (χ0n) is 19.4. The Labute approximate surface area is 201 Å². The average molecular weight is 482 g/mol. The molecule has 10 heteroatoms. The van der Waals surface area contributed by atoms with Crippen LogP contribution in [0, 0.1) is 11.7 Å². The van der Waals surface area contributed by atoms with Gasteiger partial charge in [-0.3, -0.25) is 19.7 Å². The predicted molar refractivity (Wildman–Crippen MR) is 126 cm³/mol. The van der Waals surface area contributed by atoms with Gasteiger partial charge in [0.05, 0.1) is 41.2 Å². The highest BCUT2D eigenvalue weighted by atomic mass is 19.1. The van der Waals surface area contributed by atoms with Crippen LogP contribution < -0.4 is 20.3 Å². The van der Waals surface area contributed by atoms with Gasteiger partial charge in [0.2, 0.25) is 0 Å². The van der Waals surface area contributed by atoms with Gasteiger partial charge in [-0.15, -0.1) is 0 Å². The van der Waals surface area contributed by atoms with Crippen molar-refractivity contribution in [3.05, 3.63) is 58.0 Å². The topological polar surface area (TPSA) is 102 Å². The summed E-state index contributed by atoms with van der Waals surface area (Å²) < 4.78 is 27.5. The fourth-order valence-corrected chi connectivity index (χ4v) is 5.63. The first-order valence-electron chi connectivity index (χ1n) is 12.1. The van der Waals surface area contributed by atoms with E-state index in [9.17, 15) is 14.3 Å². The quantitative estimate of drug-likeness (QED) is 0.545. The maximum atomic E-state index is 14.9. The highest BCUT2D eigenvalue weighted by Gasteiger charge is 2.43. The molecule has 3 aliphatic heterocycles. The first-order chi connectivity index (χ1) is 17.0. The van der Waals surface area contributed by atoms with Crippen LogP contribution in [-0.4, -0.2) is 63.9 Å². The molecule has 9 nitrogen and oxygen atoms in total. The second-order valence-corrected chi connectivity index (χ2v) is 9.70. The summed E-state index contributed by atoms with van der Waals surface area (Å²) >= 11 is 0. The van der Waals surface area contributed by atoms with E-state index in [2.05, 4.69) is 20.2 Å². The molecule has 0 spiro atoms. The third kappa shape index (κ3) is 4.15. The summed E-state index contributed by atoms with van der Waals surface area (Å²) in [5, 5.41) is 15.1. The number of hydrogen-bond acceptors (Lipinski definition) is 8. The number of nitrogens with one attached hydrogen (secondary N) is 1. The number of β-amino-alcohol motifs (C(OH)–C–C–N with tert-alkyl or cyclic N) is 1. The van der Waals surface area contributed by atoms with E-state index in [0.29, 0.717) is 42.5 Å². The molecular formula is C25H28FN5O4. The van der Waals surface area contributed by atoms with Crippen molar-refractivity contribution in [1.29, 1.82) is 0 Å². The molecule has 35 heavy (non-hydrogen) atoms. The lowest BCUT2D eigenvalue weighted by molar-refractivity contribution is -0.0195. The van der Waals surface area contributed by atoms with Crippen molar-refractivity contribution in [3.8, 4) is 11.5 Å². The molecule has 0 aromatic carbocycles. The fourth-order valence-electron chi connectivity index (χ4n) is 5.63. The summed E-state index contributed by atoms with van der Waals surface area (Å²) in [5.41, 5.74) is 0.277. The number of rotatable bonds is 6. The molecule has 0 bridgehead atoms. The van der Waals surface area contributed by atoms with Crippen LogP contribution in [0.15, 0.2) is 35.4 Å². The standard InChI is InChI=1S/C25H28FN5O4/c26-18-11-29-19-3-4-22(32)31-15-25(33,23(18)24(19)31)14-30-5-1-2-16(13-30)9-27-10-17-8-20-21(12-28-17)35-7-6-34-20/h3-4,8,11-12,16,27,33H,1-2,5-7,9-10,13-15H2/t16-,25-/m0/s1. The minimum absolute atomic E-state index is 0.0380. The number of piperidine rings is 1. The van der Waals surface area contributed by atoms with Gasteiger partial charge in [-0.2, -0.15) is 0 Å². The molecule has 0 saturated carbocycles. The largest absolute Gasteiger partial charge is 0.486 e. The molecule has 0 amide bonds. The number of fused-ring (bicyclic) bond motifs is 1. The molecule has 1 saturated heterocycles. The Morgan fingerprint density at radius 2 is 2.06 bits per heavy atom. The van der Waals surface area contributed by atoms with Crippen LogP contribution >= 0.6 is 0 Å². The Kier molecular flexibility index (Phi) is 5.66. The van der Waals surface area contributed by atoms with E-state index in [-0.39, 0.29) is 24.2 Å². The number of nitrogens with zero attached hydrogens (tertiary/aromatic N) is 4. The predicted octanol–water partition coefficient (Wildman–Crippen LogP) is 1.40. The summed E-state index contributed by atoms with van der Waals surface area (Å²) in [7, 11) is 0. The SMILES string of the molecule is O=c1ccc2ncc(F)c3c2n1C[C@@]3(O)CN1CCC[C@@H](CNCc2cc3c(cn2)OCCO3)C1. The maximum absolute atomic E-state index is 14.9. The molecule has 1 fully saturated rings. The van der Waals surface area contributed by atoms with Crippen LogP contribution in [0.5, 0.6) is 11.5 Å². The summed E-state index contributed by atoms with van der Waals surface area (Å²) in [4.78, 5) is 23.1. The van der Waals surface area contributed by atoms with Crippen LogP contribution in [0.25, 0.3) is 11.0 Å². The Hall–Kier alpha value is -3.08. The number of halogens is 1. The molecule has 3 aliphatic rings. The number of pyridine rings is 3. The van der Waals surface area contributed by atoms with Gasteiger partial charge in [0.25, 0.3) is 5.56 Å². The van der Waals surface area contributed by atoms with E-state index in [1.54, 1.807) is 12.3 Å². The molecule has 2 N–H and O–H groups in total. The van der Waals surface area contributed by atoms with E-state index in [0.717, 1.165) is 50.1 Å². The fraction of sp³-hybridized carbons (Fsp3) is 0.480. The monoisotopic (exact) mass is 481 g/mol. The second-order valence-electron chi connectivity index (χ2n) is 9.70. The van der Waals surface area contributed by atoms with Crippen LogP contribution in [0.3, 0.4) is 0 Å². The summed E-state index contributed by atoms with van der Waals surface area (Å²) in [5.74, 6) is 1.23. The van der Waals surface area contributed by atoms with Gasteiger partial charge in [0.15, 0.2) is 11.5 Å². The average Bonchev–Trinajstić information content (AvgIpc) is 3.18. The lowest BCUT2D eigenvalue weighted by atomic mass is 9.92. The molecule has 6 rings (SSSR count). The van der Waals surface area contributed by atoms with E-state index in [1.807, 2.05) is 6.07 Å². The van der Waals surface area contributed by atoms with Gasteiger partial charge in [0, 0.05) is 31.8 Å². The molecule has 184 valence electrons. The van der Waals surface area contributed by atoms with Gasteiger partial charge < -0.3 is 24.5 Å². The maximum Gasteiger partial charge on any atom is 0.251 e. The number of likely N-dealkylation sites (tertiary alicyclic amines) is 1. The van der Waals surface area contributed by atoms with Crippen LogP contribution in [0.4, 0.5) is 4.39 Å². The first kappa shape index (κ1) is 22.4. The summed E-state index contributed by atoms with van der Waals surface area (Å²) in [6.45, 7) is 4.42. The summed E-state index contributed by atoms with van der Waals surface area (Å²) in [6, 6.07) is 4.91. The summed E-state index contributed by atoms with van der Waals surface area (Å²) in [6.07, 6.45) is 4.90. The van der Waals surface area contributed by atoms with E-state index >= 15 is 0 Å². The Morgan fingerprint density at radius 1 is 1.20 bits per heavy atom. The highest BCUT2D eigenvalue weighted by Crippen LogP contribution is 2.38. The number of aromatic nitrogens is 3. The van der Waals surface area contributed by atoms with E-state index < -0.39 is 11.4 Å². The van der Waals surface area contributed by atoms with Crippen molar-refractivity contribution in [2.75, 3.05) is 39.4 Å². The van der Waals surface area contributed by atoms with Crippen LogP contribution in [0.2, 0.25) is 0 Å². The van der Waals surface area contributed by atoms with E-state index in [4.69, 9.17) is 9.47 Å². The van der Waals surface area contributed by atoms with E-state index in [1.165, 1.54) is 10.6 Å². The second kappa shape index (κ2) is 8.85. The van der Waals surface area contributed by atoms with Crippen molar-refractivity contribution in [3.63, 3.8) is 0 Å². The zero-order valence-corrected chi connectivity index (χ0v) is 19.4. The Balaban J connectivity index is 1.10. The Bertz CT molecular complexity index is 1330. The lowest BCUT2D eigenvalue weighted by Gasteiger charge is -2.37. The normalized spacial score (nSPS) is 23.7. The molecule has 6 heterocycles. The van der Waals surface area contributed by atoms with Crippen LogP contribution in [-0.2, 0) is 18.7 Å². The lowest BCUT2D eigenvalue weighted by Crippen LogP contribution is -2.47. The van der Waals surface area contributed by atoms with Crippen molar-refractivity contribution in [1.82, 2.24) is 24.8 Å². The third-order valence-corrected chi connectivity index (χ3v) is 7.15. The zero-order chi connectivity index (χ0) is 24.0. The molecule has 0 radical (unpaired) electrons. The smallest absolute Gasteiger partial charge is 0.251 e. The minimum Gasteiger partial charge on any atom is -0.486 e. The number of aliphatic hydroxyl groups is 1. The first-order valence-corrected chi connectivity index (χ1v) is 12.1. The van der Waals surface area contributed by atoms with Crippen molar-refractivity contribution in [2.24, 2.45) is 5.92 Å².